The quantitative estimate of drug-likeness (QED) is 0.806. The number of sulfonamides is 1. The van der Waals surface area contributed by atoms with Gasteiger partial charge in [-0.3, -0.25) is 0 Å². The van der Waals surface area contributed by atoms with E-state index in [9.17, 15) is 8.42 Å². The molecule has 0 radical (unpaired) electrons. The molecule has 4 nitrogen and oxygen atoms in total. The van der Waals surface area contributed by atoms with Crippen molar-refractivity contribution in [2.24, 2.45) is 11.7 Å². The van der Waals surface area contributed by atoms with Gasteiger partial charge in [-0.1, -0.05) is 19.3 Å². The van der Waals surface area contributed by atoms with Crippen LogP contribution in [0.25, 0.3) is 0 Å². The maximum absolute atomic E-state index is 11.8. The predicted molar refractivity (Wildman–Crippen MR) is 73.9 cm³/mol. The minimum atomic E-state index is -3.14. The second kappa shape index (κ2) is 6.92. The van der Waals surface area contributed by atoms with Crippen molar-refractivity contribution >= 4 is 22.4 Å². The number of hydrogen-bond donors (Lipinski definition) is 2. The Morgan fingerprint density at radius 1 is 1.24 bits per heavy atom. The van der Waals surface area contributed by atoms with Crippen LogP contribution >= 0.6 is 12.4 Å². The summed E-state index contributed by atoms with van der Waals surface area (Å²) in [5, 5.41) is 0. The van der Waals surface area contributed by atoms with Gasteiger partial charge in [-0.15, -0.1) is 12.4 Å². The molecule has 3 N–H and O–H groups in total. The molecule has 0 saturated heterocycles. The molecule has 0 aromatic rings. The smallest absolute Gasteiger partial charge is 0.211 e. The summed E-state index contributed by atoms with van der Waals surface area (Å²) >= 11 is 0. The zero-order valence-electron chi connectivity index (χ0n) is 10.7. The Bertz CT molecular complexity index is 306. The molecule has 0 aromatic heterocycles. The number of hydrogen-bond acceptors (Lipinski definition) is 3. The molecule has 0 unspecified atom stereocenters. The Balaban J connectivity index is 0.00000256. The molecule has 1 aliphatic rings. The van der Waals surface area contributed by atoms with Crippen LogP contribution in [0.4, 0.5) is 0 Å². The summed E-state index contributed by atoms with van der Waals surface area (Å²) in [4.78, 5) is 0. The predicted octanol–water partition coefficient (Wildman–Crippen LogP) is 1.65. The van der Waals surface area contributed by atoms with Gasteiger partial charge in [0.15, 0.2) is 0 Å². The summed E-state index contributed by atoms with van der Waals surface area (Å²) in [5.41, 5.74) is 5.26. The summed E-state index contributed by atoms with van der Waals surface area (Å²) in [6.45, 7) is 3.94. The van der Waals surface area contributed by atoms with Crippen molar-refractivity contribution in [3.05, 3.63) is 0 Å². The van der Waals surface area contributed by atoms with Crippen molar-refractivity contribution in [2.75, 3.05) is 12.3 Å². The highest BCUT2D eigenvalue weighted by Crippen LogP contribution is 2.24. The molecule has 1 aliphatic carbocycles. The van der Waals surface area contributed by atoms with Crippen LogP contribution in [0.15, 0.2) is 0 Å². The molecule has 0 heterocycles. The van der Waals surface area contributed by atoms with Crippen molar-refractivity contribution in [2.45, 2.75) is 51.5 Å². The Hall–Kier alpha value is 0.160. The van der Waals surface area contributed by atoms with Crippen molar-refractivity contribution < 1.29 is 8.42 Å². The maximum Gasteiger partial charge on any atom is 0.211 e. The van der Waals surface area contributed by atoms with E-state index in [-0.39, 0.29) is 18.2 Å². The third kappa shape index (κ3) is 7.97. The standard InChI is InChI=1S/C11H24N2O2S.ClH/c1-11(2,12)9-13-16(14,15)8-10-6-4-3-5-7-10;/h10,13H,3-9,12H2,1-2H3;1H. The zero-order valence-corrected chi connectivity index (χ0v) is 12.4. The normalized spacial score (nSPS) is 18.8. The Labute approximate surface area is 111 Å². The summed E-state index contributed by atoms with van der Waals surface area (Å²) < 4.78 is 26.2. The van der Waals surface area contributed by atoms with Gasteiger partial charge in [0.05, 0.1) is 5.75 Å². The number of nitrogens with two attached hydrogens (primary N) is 1. The molecule has 0 atom stereocenters. The molecule has 6 heteroatoms. The minimum Gasteiger partial charge on any atom is -0.324 e. The average Bonchev–Trinajstić information content (AvgIpc) is 2.15. The molecular weight excluding hydrogens is 260 g/mol. The lowest BCUT2D eigenvalue weighted by molar-refractivity contribution is 0.383. The fourth-order valence-electron chi connectivity index (χ4n) is 2.02. The van der Waals surface area contributed by atoms with Gasteiger partial charge in [-0.2, -0.15) is 0 Å². The van der Waals surface area contributed by atoms with Crippen LogP contribution in [-0.4, -0.2) is 26.3 Å². The van der Waals surface area contributed by atoms with Crippen molar-refractivity contribution in [3.8, 4) is 0 Å². The highest BCUT2D eigenvalue weighted by molar-refractivity contribution is 7.89. The van der Waals surface area contributed by atoms with Gasteiger partial charge in [0, 0.05) is 12.1 Å². The van der Waals surface area contributed by atoms with E-state index in [0.717, 1.165) is 12.8 Å². The third-order valence-corrected chi connectivity index (χ3v) is 4.42. The SMILES string of the molecule is CC(C)(N)CNS(=O)(=O)CC1CCCCC1.Cl. The van der Waals surface area contributed by atoms with Gasteiger partial charge in [0.1, 0.15) is 0 Å². The molecule has 1 rings (SSSR count). The van der Waals surface area contributed by atoms with Crippen LogP contribution in [0.1, 0.15) is 46.0 Å². The van der Waals surface area contributed by atoms with Crippen LogP contribution in [0.2, 0.25) is 0 Å². The first-order valence-electron chi connectivity index (χ1n) is 6.05. The largest absolute Gasteiger partial charge is 0.324 e. The van der Waals surface area contributed by atoms with Crippen molar-refractivity contribution in [3.63, 3.8) is 0 Å². The van der Waals surface area contributed by atoms with Gasteiger partial charge in [0.25, 0.3) is 0 Å². The fourth-order valence-corrected chi connectivity index (χ4v) is 3.68. The molecule has 0 amide bonds. The van der Waals surface area contributed by atoms with Gasteiger partial charge in [0.2, 0.25) is 10.0 Å². The van der Waals surface area contributed by atoms with E-state index in [0.29, 0.717) is 12.5 Å². The minimum absolute atomic E-state index is 0. The second-order valence-corrected chi connectivity index (χ2v) is 7.45. The summed E-state index contributed by atoms with van der Waals surface area (Å²) in [6, 6.07) is 0. The van der Waals surface area contributed by atoms with E-state index in [4.69, 9.17) is 5.73 Å². The molecule has 1 saturated carbocycles. The van der Waals surface area contributed by atoms with E-state index in [2.05, 4.69) is 4.72 Å². The molecule has 1 fully saturated rings. The highest BCUT2D eigenvalue weighted by atomic mass is 35.5. The van der Waals surface area contributed by atoms with E-state index >= 15 is 0 Å². The maximum atomic E-state index is 11.8. The Kier molecular flexibility index (Phi) is 6.99. The Morgan fingerprint density at radius 2 is 1.76 bits per heavy atom. The zero-order chi connectivity index (χ0) is 12.2. The summed E-state index contributed by atoms with van der Waals surface area (Å²) in [5.74, 6) is 0.607. The van der Waals surface area contributed by atoms with Crippen LogP contribution in [0, 0.1) is 5.92 Å². The summed E-state index contributed by atoms with van der Waals surface area (Å²) in [7, 11) is -3.14. The van der Waals surface area contributed by atoms with Crippen LogP contribution in [0.3, 0.4) is 0 Å². The van der Waals surface area contributed by atoms with E-state index in [1.807, 2.05) is 13.8 Å². The third-order valence-electron chi connectivity index (χ3n) is 2.93. The molecule has 0 aliphatic heterocycles. The molecule has 0 spiro atoms. The molecule has 104 valence electrons. The average molecular weight is 285 g/mol. The molecular formula is C11H25ClN2O2S. The fraction of sp³-hybridized carbons (Fsp3) is 1.00. The van der Waals surface area contributed by atoms with Gasteiger partial charge in [-0.25, -0.2) is 13.1 Å². The van der Waals surface area contributed by atoms with E-state index in [1.165, 1.54) is 19.3 Å². The second-order valence-electron chi connectivity index (χ2n) is 5.60. The first-order chi connectivity index (χ1) is 7.29. The first kappa shape index (κ1) is 17.2. The molecule has 0 aromatic carbocycles. The van der Waals surface area contributed by atoms with Crippen molar-refractivity contribution in [1.29, 1.82) is 0 Å². The van der Waals surface area contributed by atoms with Gasteiger partial charge in [-0.05, 0) is 32.6 Å². The monoisotopic (exact) mass is 284 g/mol. The summed E-state index contributed by atoms with van der Waals surface area (Å²) in [6.07, 6.45) is 5.69. The van der Waals surface area contributed by atoms with Crippen LogP contribution in [-0.2, 0) is 10.0 Å². The number of rotatable bonds is 5. The topological polar surface area (TPSA) is 72.2 Å². The first-order valence-corrected chi connectivity index (χ1v) is 7.70. The highest BCUT2D eigenvalue weighted by Gasteiger charge is 2.22. The molecule has 0 bridgehead atoms. The van der Waals surface area contributed by atoms with E-state index < -0.39 is 15.6 Å². The van der Waals surface area contributed by atoms with Crippen LogP contribution in [0.5, 0.6) is 0 Å². The van der Waals surface area contributed by atoms with Gasteiger partial charge >= 0.3 is 0 Å². The van der Waals surface area contributed by atoms with Gasteiger partial charge < -0.3 is 5.73 Å². The number of halogens is 1. The Morgan fingerprint density at radius 3 is 2.24 bits per heavy atom. The van der Waals surface area contributed by atoms with Crippen molar-refractivity contribution in [1.82, 2.24) is 4.72 Å². The van der Waals surface area contributed by atoms with E-state index in [1.54, 1.807) is 0 Å². The molecule has 17 heavy (non-hydrogen) atoms. The number of nitrogens with one attached hydrogen (secondary N) is 1. The lowest BCUT2D eigenvalue weighted by Gasteiger charge is -2.23. The lowest BCUT2D eigenvalue weighted by atomic mass is 9.91. The van der Waals surface area contributed by atoms with Crippen LogP contribution < -0.4 is 10.5 Å². The lowest BCUT2D eigenvalue weighted by Crippen LogP contribution is -2.46.